The summed E-state index contributed by atoms with van der Waals surface area (Å²) >= 11 is 0. The first-order chi connectivity index (χ1) is 16.0. The molecule has 1 amide bonds. The van der Waals surface area contributed by atoms with Crippen LogP contribution in [0.3, 0.4) is 0 Å². The van der Waals surface area contributed by atoms with Gasteiger partial charge in [0, 0.05) is 42.8 Å². The topological polar surface area (TPSA) is 63.0 Å². The number of rotatable bonds is 2. The summed E-state index contributed by atoms with van der Waals surface area (Å²) in [6.07, 6.45) is 4.48. The molecule has 33 heavy (non-hydrogen) atoms. The van der Waals surface area contributed by atoms with Crippen molar-refractivity contribution >= 4 is 28.3 Å². The Morgan fingerprint density at radius 1 is 0.970 bits per heavy atom. The van der Waals surface area contributed by atoms with Crippen LogP contribution in [0.2, 0.25) is 0 Å². The number of furan rings is 1. The summed E-state index contributed by atoms with van der Waals surface area (Å²) in [5.74, 6) is 0.963. The van der Waals surface area contributed by atoms with Gasteiger partial charge in [0.2, 0.25) is 0 Å². The molecule has 1 spiro atoms. The Morgan fingerprint density at radius 3 is 2.42 bits per heavy atom. The van der Waals surface area contributed by atoms with Gasteiger partial charge in [0.25, 0.3) is 5.91 Å². The van der Waals surface area contributed by atoms with Gasteiger partial charge in [-0.1, -0.05) is 18.2 Å². The van der Waals surface area contributed by atoms with Crippen LogP contribution in [0.25, 0.3) is 11.0 Å². The van der Waals surface area contributed by atoms with Crippen LogP contribution in [-0.2, 0) is 0 Å². The average molecular weight is 445 g/mol. The molecule has 0 bridgehead atoms. The van der Waals surface area contributed by atoms with Crippen molar-refractivity contribution in [2.24, 2.45) is 0 Å². The Hall–Kier alpha value is -3.28. The van der Waals surface area contributed by atoms with E-state index >= 15 is 0 Å². The maximum absolute atomic E-state index is 13.4. The molecule has 1 saturated heterocycles. The number of Topliss-reactive ketones (excluding diaryl/α,β-unsaturated/α-hetero) is 1. The second kappa shape index (κ2) is 7.65. The summed E-state index contributed by atoms with van der Waals surface area (Å²) in [6, 6.07) is 13.9. The van der Waals surface area contributed by atoms with Gasteiger partial charge in [-0.05, 0) is 56.9 Å². The number of anilines is 1. The molecule has 2 aliphatic heterocycles. The second-order valence-corrected chi connectivity index (χ2v) is 9.57. The van der Waals surface area contributed by atoms with E-state index in [1.165, 1.54) is 5.69 Å². The monoisotopic (exact) mass is 444 g/mol. The summed E-state index contributed by atoms with van der Waals surface area (Å²) in [6.45, 7) is 4.70. The normalized spacial score (nSPS) is 19.7. The lowest BCUT2D eigenvalue weighted by Gasteiger charge is -2.35. The van der Waals surface area contributed by atoms with Gasteiger partial charge in [-0.2, -0.15) is 0 Å². The van der Waals surface area contributed by atoms with Crippen molar-refractivity contribution in [1.82, 2.24) is 4.90 Å². The van der Waals surface area contributed by atoms with Crippen LogP contribution in [0.4, 0.5) is 5.69 Å². The number of carbonyl (C=O) groups is 2. The SMILES string of the molecule is Cc1c(C(=O)N2CCN(c3ccccc3)CC2)oc2ccc3c(c12)C(=O)CC1(CCCC1)O3. The minimum Gasteiger partial charge on any atom is -0.486 e. The third-order valence-electron chi connectivity index (χ3n) is 7.54. The summed E-state index contributed by atoms with van der Waals surface area (Å²) in [5.41, 5.74) is 2.73. The highest BCUT2D eigenvalue weighted by Crippen LogP contribution is 2.46. The molecule has 0 N–H and O–H groups in total. The van der Waals surface area contributed by atoms with E-state index in [-0.39, 0.29) is 17.3 Å². The number of benzene rings is 2. The standard InChI is InChI=1S/C27H28N2O4/c1-18-23-21(9-10-22-24(23)20(30)17-27(33-22)11-5-6-12-27)32-25(18)26(31)29-15-13-28(14-16-29)19-7-3-2-4-8-19/h2-4,7-10H,5-6,11-17H2,1H3. The summed E-state index contributed by atoms with van der Waals surface area (Å²) in [4.78, 5) is 30.8. The average Bonchev–Trinajstić information content (AvgIpc) is 3.43. The number of aryl methyl sites for hydroxylation is 1. The van der Waals surface area contributed by atoms with Crippen molar-refractivity contribution in [3.8, 4) is 5.75 Å². The molecule has 0 atom stereocenters. The molecule has 3 heterocycles. The number of carbonyl (C=O) groups excluding carboxylic acids is 2. The molecular formula is C27H28N2O4. The zero-order valence-electron chi connectivity index (χ0n) is 18.9. The zero-order chi connectivity index (χ0) is 22.6. The minimum absolute atomic E-state index is 0.100. The molecular weight excluding hydrogens is 416 g/mol. The zero-order valence-corrected chi connectivity index (χ0v) is 18.9. The maximum atomic E-state index is 13.4. The van der Waals surface area contributed by atoms with Crippen molar-refractivity contribution < 1.29 is 18.7 Å². The second-order valence-electron chi connectivity index (χ2n) is 9.57. The Morgan fingerprint density at radius 2 is 1.70 bits per heavy atom. The van der Waals surface area contributed by atoms with Gasteiger partial charge in [0.05, 0.1) is 12.0 Å². The van der Waals surface area contributed by atoms with E-state index in [1.807, 2.05) is 42.2 Å². The lowest BCUT2D eigenvalue weighted by Crippen LogP contribution is -2.48. The first-order valence-corrected chi connectivity index (χ1v) is 11.9. The Kier molecular flexibility index (Phi) is 4.71. The number of para-hydroxylation sites is 1. The highest BCUT2D eigenvalue weighted by Gasteiger charge is 2.44. The number of ketones is 1. The fourth-order valence-corrected chi connectivity index (χ4v) is 5.79. The van der Waals surface area contributed by atoms with Crippen LogP contribution in [0.1, 0.15) is 58.6 Å². The molecule has 1 saturated carbocycles. The highest BCUT2D eigenvalue weighted by molar-refractivity contribution is 6.13. The van der Waals surface area contributed by atoms with Gasteiger partial charge < -0.3 is 19.0 Å². The maximum Gasteiger partial charge on any atom is 0.290 e. The molecule has 3 aliphatic rings. The van der Waals surface area contributed by atoms with Gasteiger partial charge in [0.15, 0.2) is 11.5 Å². The molecule has 1 aromatic heterocycles. The molecule has 1 aliphatic carbocycles. The van der Waals surface area contributed by atoms with Crippen LogP contribution in [0.5, 0.6) is 5.75 Å². The number of ether oxygens (including phenoxy) is 1. The molecule has 0 unspecified atom stereocenters. The fraction of sp³-hybridized carbons (Fsp3) is 0.407. The fourth-order valence-electron chi connectivity index (χ4n) is 5.79. The van der Waals surface area contributed by atoms with Crippen LogP contribution < -0.4 is 9.64 Å². The molecule has 2 fully saturated rings. The van der Waals surface area contributed by atoms with E-state index in [0.29, 0.717) is 42.2 Å². The number of hydrogen-bond acceptors (Lipinski definition) is 5. The van der Waals surface area contributed by atoms with Crippen LogP contribution in [-0.4, -0.2) is 48.4 Å². The third-order valence-corrected chi connectivity index (χ3v) is 7.54. The van der Waals surface area contributed by atoms with Crippen molar-refractivity contribution in [3.05, 3.63) is 59.4 Å². The first kappa shape index (κ1) is 20.3. The predicted octanol–water partition coefficient (Wildman–Crippen LogP) is 4.98. The smallest absolute Gasteiger partial charge is 0.290 e. The van der Waals surface area contributed by atoms with Gasteiger partial charge in [-0.25, -0.2) is 0 Å². The van der Waals surface area contributed by atoms with Crippen molar-refractivity contribution in [2.45, 2.75) is 44.6 Å². The van der Waals surface area contributed by atoms with E-state index in [2.05, 4.69) is 17.0 Å². The van der Waals surface area contributed by atoms with Crippen LogP contribution in [0, 0.1) is 6.92 Å². The van der Waals surface area contributed by atoms with Crippen molar-refractivity contribution in [2.75, 3.05) is 31.1 Å². The predicted molar refractivity (Wildman–Crippen MR) is 126 cm³/mol. The lowest BCUT2D eigenvalue weighted by atomic mass is 9.87. The van der Waals surface area contributed by atoms with E-state index in [1.54, 1.807) is 0 Å². The van der Waals surface area contributed by atoms with Crippen molar-refractivity contribution in [3.63, 3.8) is 0 Å². The van der Waals surface area contributed by atoms with Gasteiger partial charge in [0.1, 0.15) is 16.9 Å². The largest absolute Gasteiger partial charge is 0.486 e. The van der Waals surface area contributed by atoms with Gasteiger partial charge in [-0.15, -0.1) is 0 Å². The first-order valence-electron chi connectivity index (χ1n) is 11.9. The Balaban J connectivity index is 1.28. The summed E-state index contributed by atoms with van der Waals surface area (Å²) < 4.78 is 12.4. The van der Waals surface area contributed by atoms with E-state index in [9.17, 15) is 9.59 Å². The highest BCUT2D eigenvalue weighted by atomic mass is 16.5. The lowest BCUT2D eigenvalue weighted by molar-refractivity contribution is 0.0454. The molecule has 0 radical (unpaired) electrons. The van der Waals surface area contributed by atoms with Crippen molar-refractivity contribution in [1.29, 1.82) is 0 Å². The Bertz CT molecular complexity index is 1230. The van der Waals surface area contributed by atoms with E-state index < -0.39 is 0 Å². The quantitative estimate of drug-likeness (QED) is 0.558. The van der Waals surface area contributed by atoms with E-state index in [4.69, 9.17) is 9.15 Å². The Labute approximate surface area is 193 Å². The molecule has 6 rings (SSSR count). The summed E-state index contributed by atoms with van der Waals surface area (Å²) in [7, 11) is 0. The molecule has 170 valence electrons. The van der Waals surface area contributed by atoms with Gasteiger partial charge >= 0.3 is 0 Å². The van der Waals surface area contributed by atoms with E-state index in [0.717, 1.165) is 49.7 Å². The third kappa shape index (κ3) is 3.31. The molecule has 2 aromatic carbocycles. The molecule has 6 nitrogen and oxygen atoms in total. The van der Waals surface area contributed by atoms with Crippen LogP contribution in [0.15, 0.2) is 46.9 Å². The number of nitrogens with zero attached hydrogens (tertiary/aromatic N) is 2. The molecule has 6 heteroatoms. The number of hydrogen-bond donors (Lipinski definition) is 0. The molecule has 3 aromatic rings. The van der Waals surface area contributed by atoms with Crippen LogP contribution >= 0.6 is 0 Å². The number of fused-ring (bicyclic) bond motifs is 3. The number of amides is 1. The minimum atomic E-state index is -0.341. The van der Waals surface area contributed by atoms with Gasteiger partial charge in [-0.3, -0.25) is 9.59 Å². The summed E-state index contributed by atoms with van der Waals surface area (Å²) in [5, 5.41) is 0.733. The number of piperazine rings is 1.